The highest BCUT2D eigenvalue weighted by atomic mass is 16.5. The van der Waals surface area contributed by atoms with Crippen molar-refractivity contribution in [3.05, 3.63) is 40.2 Å². The second kappa shape index (κ2) is 7.72. The summed E-state index contributed by atoms with van der Waals surface area (Å²) in [5.74, 6) is 2.47. The van der Waals surface area contributed by atoms with Crippen LogP contribution in [0.25, 0.3) is 0 Å². The van der Waals surface area contributed by atoms with Crippen LogP contribution in [0.2, 0.25) is 0 Å². The Hall–Kier alpha value is -2.30. The number of rotatable bonds is 6. The first-order chi connectivity index (χ1) is 11.8. The molecule has 0 aliphatic heterocycles. The van der Waals surface area contributed by atoms with E-state index in [0.29, 0.717) is 11.9 Å². The van der Waals surface area contributed by atoms with Crippen molar-refractivity contribution in [3.63, 3.8) is 0 Å². The lowest BCUT2D eigenvalue weighted by molar-refractivity contribution is 0.354. The molecule has 0 spiro atoms. The molecule has 0 saturated heterocycles. The van der Waals surface area contributed by atoms with Crippen molar-refractivity contribution in [2.45, 2.75) is 52.9 Å². The maximum absolute atomic E-state index is 5.86. The standard InChI is InChI=1S/C20H29N3O2/c1-11(2)15-10-18(25-7)17(24-6)9-14(15)8-16-13(5)22-20(21)23-19(16)12(3)4/h9-12H,8H2,1-7H3,(H2,21,22,23). The van der Waals surface area contributed by atoms with Gasteiger partial charge in [-0.25, -0.2) is 9.97 Å². The summed E-state index contributed by atoms with van der Waals surface area (Å²) in [7, 11) is 3.32. The average molecular weight is 343 g/mol. The molecule has 0 unspecified atom stereocenters. The van der Waals surface area contributed by atoms with Crippen molar-refractivity contribution in [1.82, 2.24) is 9.97 Å². The number of ether oxygens (including phenoxy) is 2. The minimum Gasteiger partial charge on any atom is -0.493 e. The van der Waals surface area contributed by atoms with Gasteiger partial charge in [0.1, 0.15) is 0 Å². The van der Waals surface area contributed by atoms with Gasteiger partial charge in [-0.1, -0.05) is 27.7 Å². The van der Waals surface area contributed by atoms with E-state index in [2.05, 4.69) is 49.8 Å². The van der Waals surface area contributed by atoms with E-state index in [4.69, 9.17) is 15.2 Å². The topological polar surface area (TPSA) is 70.3 Å². The zero-order valence-corrected chi connectivity index (χ0v) is 16.3. The number of aromatic nitrogens is 2. The Kier molecular flexibility index (Phi) is 5.88. The van der Waals surface area contributed by atoms with E-state index in [-0.39, 0.29) is 5.92 Å². The van der Waals surface area contributed by atoms with E-state index in [9.17, 15) is 0 Å². The Labute approximate surface area is 150 Å². The molecule has 2 N–H and O–H groups in total. The van der Waals surface area contributed by atoms with Gasteiger partial charge in [0.15, 0.2) is 11.5 Å². The van der Waals surface area contributed by atoms with Crippen LogP contribution >= 0.6 is 0 Å². The molecule has 0 aliphatic rings. The number of anilines is 1. The maximum Gasteiger partial charge on any atom is 0.220 e. The summed E-state index contributed by atoms with van der Waals surface area (Å²) in [6.45, 7) is 10.6. The molecule has 1 heterocycles. The molecular formula is C20H29N3O2. The minimum absolute atomic E-state index is 0.279. The fraction of sp³-hybridized carbons (Fsp3) is 0.500. The summed E-state index contributed by atoms with van der Waals surface area (Å²) in [4.78, 5) is 8.87. The van der Waals surface area contributed by atoms with Crippen LogP contribution < -0.4 is 15.2 Å². The molecule has 0 bridgehead atoms. The number of methoxy groups -OCH3 is 2. The van der Waals surface area contributed by atoms with E-state index in [1.54, 1.807) is 14.2 Å². The van der Waals surface area contributed by atoms with Crippen LogP contribution in [0.1, 0.15) is 67.6 Å². The van der Waals surface area contributed by atoms with Crippen molar-refractivity contribution >= 4 is 5.95 Å². The van der Waals surface area contributed by atoms with Crippen LogP contribution in [-0.4, -0.2) is 24.2 Å². The van der Waals surface area contributed by atoms with Gasteiger partial charge < -0.3 is 15.2 Å². The van der Waals surface area contributed by atoms with Gasteiger partial charge in [-0.2, -0.15) is 0 Å². The number of benzene rings is 1. The molecular weight excluding hydrogens is 314 g/mol. The van der Waals surface area contributed by atoms with Crippen molar-refractivity contribution in [1.29, 1.82) is 0 Å². The van der Waals surface area contributed by atoms with Gasteiger partial charge in [-0.3, -0.25) is 0 Å². The third-order valence-electron chi connectivity index (χ3n) is 4.44. The Balaban J connectivity index is 2.61. The summed E-state index contributed by atoms with van der Waals surface area (Å²) in [6.07, 6.45) is 0.744. The zero-order chi connectivity index (χ0) is 18.7. The Morgan fingerprint density at radius 3 is 2.08 bits per heavy atom. The Morgan fingerprint density at radius 1 is 0.960 bits per heavy atom. The number of nitrogens with zero attached hydrogens (tertiary/aromatic N) is 2. The highest BCUT2D eigenvalue weighted by Crippen LogP contribution is 2.36. The molecule has 0 amide bonds. The monoisotopic (exact) mass is 343 g/mol. The first-order valence-corrected chi connectivity index (χ1v) is 8.66. The number of nitrogen functional groups attached to an aromatic ring is 1. The van der Waals surface area contributed by atoms with Gasteiger partial charge in [0.2, 0.25) is 5.95 Å². The molecule has 5 heteroatoms. The molecule has 2 aromatic rings. The first kappa shape index (κ1) is 19.0. The molecule has 136 valence electrons. The molecule has 0 atom stereocenters. The maximum atomic E-state index is 5.86. The summed E-state index contributed by atoms with van der Waals surface area (Å²) in [6, 6.07) is 4.13. The molecule has 25 heavy (non-hydrogen) atoms. The number of aryl methyl sites for hydroxylation is 1. The molecule has 1 aromatic heterocycles. The van der Waals surface area contributed by atoms with Gasteiger partial charge >= 0.3 is 0 Å². The average Bonchev–Trinajstić information content (AvgIpc) is 2.55. The summed E-state index contributed by atoms with van der Waals surface area (Å²) >= 11 is 0. The second-order valence-electron chi connectivity index (χ2n) is 6.92. The van der Waals surface area contributed by atoms with Crippen molar-refractivity contribution in [2.75, 3.05) is 20.0 Å². The van der Waals surface area contributed by atoms with Crippen LogP contribution in [0.3, 0.4) is 0 Å². The number of hydrogen-bond donors (Lipinski definition) is 1. The Bertz CT molecular complexity index is 755. The SMILES string of the molecule is COc1cc(Cc2c(C)nc(N)nc2C(C)C)c(C(C)C)cc1OC. The minimum atomic E-state index is 0.279. The molecule has 0 saturated carbocycles. The van der Waals surface area contributed by atoms with E-state index >= 15 is 0 Å². The highest BCUT2D eigenvalue weighted by molar-refractivity contribution is 5.50. The van der Waals surface area contributed by atoms with Crippen molar-refractivity contribution in [2.24, 2.45) is 0 Å². The summed E-state index contributed by atoms with van der Waals surface area (Å²) in [5, 5.41) is 0. The zero-order valence-electron chi connectivity index (χ0n) is 16.3. The molecule has 0 aliphatic carbocycles. The van der Waals surface area contributed by atoms with Crippen LogP contribution in [0.15, 0.2) is 12.1 Å². The van der Waals surface area contributed by atoms with Gasteiger partial charge in [0.05, 0.1) is 19.9 Å². The van der Waals surface area contributed by atoms with Gasteiger partial charge in [0, 0.05) is 12.1 Å². The third-order valence-corrected chi connectivity index (χ3v) is 4.44. The first-order valence-electron chi connectivity index (χ1n) is 8.66. The Morgan fingerprint density at radius 2 is 1.56 bits per heavy atom. The fourth-order valence-electron chi connectivity index (χ4n) is 3.15. The normalized spacial score (nSPS) is 11.2. The molecule has 0 fully saturated rings. The highest BCUT2D eigenvalue weighted by Gasteiger charge is 2.19. The van der Waals surface area contributed by atoms with Gasteiger partial charge in [-0.15, -0.1) is 0 Å². The molecule has 2 rings (SSSR count). The quantitative estimate of drug-likeness (QED) is 0.850. The van der Waals surface area contributed by atoms with E-state index in [1.165, 1.54) is 11.1 Å². The van der Waals surface area contributed by atoms with Crippen LogP contribution in [-0.2, 0) is 6.42 Å². The van der Waals surface area contributed by atoms with Crippen LogP contribution in [0.5, 0.6) is 11.5 Å². The lowest BCUT2D eigenvalue weighted by Gasteiger charge is -2.20. The van der Waals surface area contributed by atoms with E-state index in [0.717, 1.165) is 34.9 Å². The van der Waals surface area contributed by atoms with Crippen LogP contribution in [0.4, 0.5) is 5.95 Å². The summed E-state index contributed by atoms with van der Waals surface area (Å²) in [5.41, 5.74) is 11.4. The van der Waals surface area contributed by atoms with Crippen molar-refractivity contribution in [3.8, 4) is 11.5 Å². The lowest BCUT2D eigenvalue weighted by Crippen LogP contribution is -2.10. The predicted molar refractivity (Wildman–Crippen MR) is 102 cm³/mol. The third kappa shape index (κ3) is 4.03. The molecule has 5 nitrogen and oxygen atoms in total. The molecule has 0 radical (unpaired) electrons. The molecule has 1 aromatic carbocycles. The lowest BCUT2D eigenvalue weighted by atomic mass is 9.90. The fourth-order valence-corrected chi connectivity index (χ4v) is 3.15. The number of hydrogen-bond acceptors (Lipinski definition) is 5. The van der Waals surface area contributed by atoms with Gasteiger partial charge in [-0.05, 0) is 47.6 Å². The van der Waals surface area contributed by atoms with Crippen LogP contribution in [0, 0.1) is 6.92 Å². The van der Waals surface area contributed by atoms with E-state index < -0.39 is 0 Å². The predicted octanol–water partition coefficient (Wildman–Crippen LogP) is 4.22. The van der Waals surface area contributed by atoms with Crippen molar-refractivity contribution < 1.29 is 9.47 Å². The second-order valence-corrected chi connectivity index (χ2v) is 6.92. The largest absolute Gasteiger partial charge is 0.493 e. The smallest absolute Gasteiger partial charge is 0.220 e. The van der Waals surface area contributed by atoms with Gasteiger partial charge in [0.25, 0.3) is 0 Å². The number of nitrogens with two attached hydrogens (primary N) is 1. The van der Waals surface area contributed by atoms with E-state index in [1.807, 2.05) is 6.92 Å². The summed E-state index contributed by atoms with van der Waals surface area (Å²) < 4.78 is 11.0.